The second-order valence-electron chi connectivity index (χ2n) is 8.61. The molecule has 2 unspecified atom stereocenters. The number of hydrogen-bond acceptors (Lipinski definition) is 4. The number of rotatable bonds is 2. The molecule has 4 rings (SSSR count). The third kappa shape index (κ3) is 3.70. The zero-order valence-corrected chi connectivity index (χ0v) is 16.0. The average molecular weight is 371 g/mol. The van der Waals surface area contributed by atoms with Crippen LogP contribution in [0.5, 0.6) is 0 Å². The van der Waals surface area contributed by atoms with Crippen LogP contribution in [0.4, 0.5) is 14.9 Å². The number of carbonyl (C=O) groups is 1. The van der Waals surface area contributed by atoms with Gasteiger partial charge in [0.25, 0.3) is 0 Å². The fourth-order valence-corrected chi connectivity index (χ4v) is 4.37. The first-order valence-corrected chi connectivity index (χ1v) is 9.62. The molecule has 0 saturated carbocycles. The summed E-state index contributed by atoms with van der Waals surface area (Å²) in [5, 5.41) is 4.37. The molecule has 0 aliphatic carbocycles. The molecule has 2 fully saturated rings. The van der Waals surface area contributed by atoms with Gasteiger partial charge in [0.05, 0.1) is 5.52 Å². The van der Waals surface area contributed by atoms with E-state index in [1.54, 1.807) is 12.3 Å². The number of pyridine rings is 1. The lowest BCUT2D eigenvalue weighted by Crippen LogP contribution is -2.51. The van der Waals surface area contributed by atoms with E-state index < -0.39 is 5.60 Å². The number of nitrogens with one attached hydrogen (secondary N) is 1. The number of hydrogen-bond donors (Lipinski definition) is 1. The Morgan fingerprint density at radius 2 is 1.93 bits per heavy atom. The summed E-state index contributed by atoms with van der Waals surface area (Å²) in [4.78, 5) is 18.8. The van der Waals surface area contributed by atoms with Crippen LogP contribution in [0.1, 0.15) is 46.5 Å². The van der Waals surface area contributed by atoms with E-state index in [4.69, 9.17) is 4.74 Å². The predicted octanol–water partition coefficient (Wildman–Crippen LogP) is 4.72. The van der Waals surface area contributed by atoms with Crippen LogP contribution in [0.2, 0.25) is 0 Å². The molecule has 3 heterocycles. The van der Waals surface area contributed by atoms with Crippen molar-refractivity contribution in [3.05, 3.63) is 36.3 Å². The van der Waals surface area contributed by atoms with Gasteiger partial charge < -0.3 is 15.0 Å². The molecule has 2 aromatic rings. The monoisotopic (exact) mass is 371 g/mol. The number of amides is 1. The van der Waals surface area contributed by atoms with E-state index in [1.807, 2.05) is 31.7 Å². The molecule has 144 valence electrons. The lowest BCUT2D eigenvalue weighted by atomic mass is 9.97. The Kier molecular flexibility index (Phi) is 4.44. The fourth-order valence-electron chi connectivity index (χ4n) is 4.37. The van der Waals surface area contributed by atoms with Gasteiger partial charge in [0.15, 0.2) is 0 Å². The van der Waals surface area contributed by atoms with Crippen molar-refractivity contribution in [1.29, 1.82) is 0 Å². The zero-order chi connectivity index (χ0) is 19.2. The predicted molar refractivity (Wildman–Crippen MR) is 103 cm³/mol. The van der Waals surface area contributed by atoms with Crippen molar-refractivity contribution < 1.29 is 13.9 Å². The van der Waals surface area contributed by atoms with Crippen molar-refractivity contribution in [3.63, 3.8) is 0 Å². The smallest absolute Gasteiger partial charge is 0.410 e. The van der Waals surface area contributed by atoms with Crippen LogP contribution in [0.15, 0.2) is 30.5 Å². The molecule has 0 spiro atoms. The number of ether oxygens (including phenoxy) is 1. The normalized spacial score (nSPS) is 24.9. The molecule has 2 atom stereocenters. The number of nitrogens with zero attached hydrogens (tertiary/aromatic N) is 2. The number of piperidine rings is 1. The van der Waals surface area contributed by atoms with E-state index in [1.165, 1.54) is 12.1 Å². The van der Waals surface area contributed by atoms with Crippen LogP contribution < -0.4 is 5.32 Å². The Balaban J connectivity index is 1.50. The molecule has 1 aromatic heterocycles. The molecule has 6 heteroatoms. The molecule has 2 aliphatic heterocycles. The van der Waals surface area contributed by atoms with E-state index in [0.29, 0.717) is 0 Å². The minimum Gasteiger partial charge on any atom is -0.444 e. The molecule has 1 aromatic carbocycles. The number of anilines is 1. The van der Waals surface area contributed by atoms with Crippen LogP contribution in [0, 0.1) is 5.82 Å². The van der Waals surface area contributed by atoms with E-state index in [0.717, 1.165) is 42.3 Å². The summed E-state index contributed by atoms with van der Waals surface area (Å²) < 4.78 is 19.3. The summed E-state index contributed by atoms with van der Waals surface area (Å²) in [6.07, 6.45) is 5.29. The third-order valence-electron chi connectivity index (χ3n) is 5.40. The van der Waals surface area contributed by atoms with Gasteiger partial charge in [-0.2, -0.15) is 0 Å². The first-order chi connectivity index (χ1) is 12.8. The van der Waals surface area contributed by atoms with Gasteiger partial charge in [0.1, 0.15) is 11.4 Å². The number of carbonyl (C=O) groups excluding carboxylic acids is 1. The maximum Gasteiger partial charge on any atom is 0.410 e. The average Bonchev–Trinajstić information content (AvgIpc) is 2.85. The van der Waals surface area contributed by atoms with Gasteiger partial charge in [-0.1, -0.05) is 0 Å². The maximum absolute atomic E-state index is 13.7. The molecule has 2 bridgehead atoms. The number of fused-ring (bicyclic) bond motifs is 3. The van der Waals surface area contributed by atoms with Gasteiger partial charge in [-0.05, 0) is 70.7 Å². The fraction of sp³-hybridized carbons (Fsp3) is 0.524. The summed E-state index contributed by atoms with van der Waals surface area (Å²) >= 11 is 0. The van der Waals surface area contributed by atoms with E-state index in [-0.39, 0.29) is 30.0 Å². The molecule has 27 heavy (non-hydrogen) atoms. The first-order valence-electron chi connectivity index (χ1n) is 9.62. The first kappa shape index (κ1) is 18.0. The van der Waals surface area contributed by atoms with Crippen LogP contribution in [-0.4, -0.2) is 39.7 Å². The molecule has 2 saturated heterocycles. The summed E-state index contributed by atoms with van der Waals surface area (Å²) in [6, 6.07) is 7.18. The second-order valence-corrected chi connectivity index (χ2v) is 8.61. The van der Waals surface area contributed by atoms with E-state index in [2.05, 4.69) is 10.3 Å². The van der Waals surface area contributed by atoms with Gasteiger partial charge in [0, 0.05) is 35.4 Å². The highest BCUT2D eigenvalue weighted by Crippen LogP contribution is 2.38. The lowest BCUT2D eigenvalue weighted by Gasteiger charge is -2.40. The second kappa shape index (κ2) is 6.66. The van der Waals surface area contributed by atoms with Gasteiger partial charge >= 0.3 is 6.09 Å². The topological polar surface area (TPSA) is 54.5 Å². The standard InChI is InChI=1S/C21H26FN3O2/c1-21(2,3)27-20(26)25-15-5-6-16(25)12-14(11-15)24-19-8-9-23-18-7-4-13(22)10-17(18)19/h4,7-10,14-16H,5-6,11-12H2,1-3H3,(H,23,24). The summed E-state index contributed by atoms with van der Waals surface area (Å²) in [5.41, 5.74) is 1.19. The minimum absolute atomic E-state index is 0.195. The van der Waals surface area contributed by atoms with E-state index >= 15 is 0 Å². The van der Waals surface area contributed by atoms with Crippen molar-refractivity contribution in [1.82, 2.24) is 9.88 Å². The van der Waals surface area contributed by atoms with Crippen LogP contribution in [0.25, 0.3) is 10.9 Å². The largest absolute Gasteiger partial charge is 0.444 e. The van der Waals surface area contributed by atoms with Crippen LogP contribution >= 0.6 is 0 Å². The Bertz CT molecular complexity index is 850. The Labute approximate surface area is 158 Å². The molecule has 1 N–H and O–H groups in total. The van der Waals surface area contributed by atoms with Crippen molar-refractivity contribution in [2.75, 3.05) is 5.32 Å². The molecule has 0 radical (unpaired) electrons. The Morgan fingerprint density at radius 3 is 2.59 bits per heavy atom. The van der Waals surface area contributed by atoms with Crippen molar-refractivity contribution >= 4 is 22.7 Å². The summed E-state index contributed by atoms with van der Waals surface area (Å²) in [7, 11) is 0. The summed E-state index contributed by atoms with van der Waals surface area (Å²) in [6.45, 7) is 5.69. The SMILES string of the molecule is CC(C)(C)OC(=O)N1C2CCC1CC(Nc1ccnc3ccc(F)cc13)C2. The highest BCUT2D eigenvalue weighted by atomic mass is 19.1. The Hall–Kier alpha value is -2.37. The van der Waals surface area contributed by atoms with Crippen molar-refractivity contribution in [2.24, 2.45) is 0 Å². The zero-order valence-electron chi connectivity index (χ0n) is 16.0. The summed E-state index contributed by atoms with van der Waals surface area (Å²) in [5.74, 6) is -0.265. The highest BCUT2D eigenvalue weighted by Gasteiger charge is 2.44. The van der Waals surface area contributed by atoms with E-state index in [9.17, 15) is 9.18 Å². The minimum atomic E-state index is -0.481. The molecule has 1 amide bonds. The molecular weight excluding hydrogens is 345 g/mol. The molecular formula is C21H26FN3O2. The molecule has 5 nitrogen and oxygen atoms in total. The third-order valence-corrected chi connectivity index (χ3v) is 5.40. The van der Waals surface area contributed by atoms with Gasteiger partial charge in [-0.25, -0.2) is 9.18 Å². The number of benzene rings is 1. The van der Waals surface area contributed by atoms with Gasteiger partial charge in [-0.3, -0.25) is 4.98 Å². The Morgan fingerprint density at radius 1 is 1.22 bits per heavy atom. The van der Waals surface area contributed by atoms with Crippen molar-refractivity contribution in [3.8, 4) is 0 Å². The molecule has 2 aliphatic rings. The van der Waals surface area contributed by atoms with Crippen LogP contribution in [0.3, 0.4) is 0 Å². The quantitative estimate of drug-likeness (QED) is 0.830. The van der Waals surface area contributed by atoms with Crippen molar-refractivity contribution in [2.45, 2.75) is 70.2 Å². The highest BCUT2D eigenvalue weighted by molar-refractivity contribution is 5.91. The lowest BCUT2D eigenvalue weighted by molar-refractivity contribution is 0.00684. The number of aromatic nitrogens is 1. The van der Waals surface area contributed by atoms with Crippen LogP contribution in [-0.2, 0) is 4.74 Å². The van der Waals surface area contributed by atoms with Gasteiger partial charge in [0.2, 0.25) is 0 Å². The number of halogens is 1. The maximum atomic E-state index is 13.7. The van der Waals surface area contributed by atoms with Gasteiger partial charge in [-0.15, -0.1) is 0 Å².